The van der Waals surface area contributed by atoms with Crippen LogP contribution >= 0.6 is 12.4 Å². The van der Waals surface area contributed by atoms with Crippen LogP contribution in [0.3, 0.4) is 0 Å². The Hall–Kier alpha value is 0.120. The van der Waals surface area contributed by atoms with Gasteiger partial charge in [-0.25, -0.2) is 8.42 Å². The van der Waals surface area contributed by atoms with Crippen LogP contribution in [0.4, 0.5) is 0 Å². The molecule has 2 heterocycles. The molecule has 1 atom stereocenters. The highest BCUT2D eigenvalue weighted by Gasteiger charge is 2.37. The summed E-state index contributed by atoms with van der Waals surface area (Å²) in [5.41, 5.74) is 0. The summed E-state index contributed by atoms with van der Waals surface area (Å²) in [4.78, 5) is 0. The lowest BCUT2D eigenvalue weighted by Crippen LogP contribution is -2.50. The van der Waals surface area contributed by atoms with Crippen molar-refractivity contribution in [3.8, 4) is 0 Å². The van der Waals surface area contributed by atoms with Crippen LogP contribution in [0, 0.1) is 0 Å². The van der Waals surface area contributed by atoms with Crippen LogP contribution < -0.4 is 5.32 Å². The lowest BCUT2D eigenvalue weighted by molar-refractivity contribution is 0.0964. The molecule has 0 aromatic rings. The van der Waals surface area contributed by atoms with Crippen LogP contribution in [0.1, 0.15) is 39.0 Å². The summed E-state index contributed by atoms with van der Waals surface area (Å²) in [7, 11) is -3.21. The number of nitrogens with zero attached hydrogens (tertiary/aromatic N) is 1. The number of rotatable bonds is 5. The lowest BCUT2D eigenvalue weighted by Gasteiger charge is -2.36. The van der Waals surface area contributed by atoms with Gasteiger partial charge in [-0.05, 0) is 45.2 Å². The predicted octanol–water partition coefficient (Wildman–Crippen LogP) is 1.38. The highest BCUT2D eigenvalue weighted by atomic mass is 35.5. The number of nitrogens with one attached hydrogen (secondary N) is 1. The number of piperidine rings is 1. The van der Waals surface area contributed by atoms with Gasteiger partial charge < -0.3 is 10.1 Å². The van der Waals surface area contributed by atoms with E-state index in [1.807, 2.05) is 6.92 Å². The zero-order chi connectivity index (χ0) is 13.7. The van der Waals surface area contributed by atoms with Crippen LogP contribution in [-0.4, -0.2) is 56.9 Å². The highest BCUT2D eigenvalue weighted by Crippen LogP contribution is 2.24. The Morgan fingerprint density at radius 2 is 1.95 bits per heavy atom. The maximum Gasteiger partial charge on any atom is 0.219 e. The molecule has 2 fully saturated rings. The van der Waals surface area contributed by atoms with E-state index >= 15 is 0 Å². The van der Waals surface area contributed by atoms with Crippen molar-refractivity contribution in [1.29, 1.82) is 0 Å². The Bertz CT molecular complexity index is 366. The second-order valence-electron chi connectivity index (χ2n) is 5.48. The Morgan fingerprint density at radius 1 is 1.25 bits per heavy atom. The van der Waals surface area contributed by atoms with E-state index in [1.165, 1.54) is 0 Å². The summed E-state index contributed by atoms with van der Waals surface area (Å²) >= 11 is 0. The molecule has 0 bridgehead atoms. The van der Waals surface area contributed by atoms with Crippen molar-refractivity contribution >= 4 is 22.4 Å². The van der Waals surface area contributed by atoms with Gasteiger partial charge in [0.25, 0.3) is 0 Å². The molecule has 0 saturated carbocycles. The summed E-state index contributed by atoms with van der Waals surface area (Å²) in [6.45, 7) is 5.59. The Kier molecular flexibility index (Phi) is 7.75. The molecule has 0 aliphatic carbocycles. The van der Waals surface area contributed by atoms with E-state index in [9.17, 15) is 8.42 Å². The predicted molar refractivity (Wildman–Crippen MR) is 82.9 cm³/mol. The molecule has 2 aliphatic heterocycles. The highest BCUT2D eigenvalue weighted by molar-refractivity contribution is 7.89. The van der Waals surface area contributed by atoms with Crippen molar-refractivity contribution in [3.05, 3.63) is 0 Å². The number of hydrogen-bond donors (Lipinski definition) is 1. The number of hydrogen-bond acceptors (Lipinski definition) is 4. The van der Waals surface area contributed by atoms with Crippen molar-refractivity contribution in [1.82, 2.24) is 9.62 Å². The van der Waals surface area contributed by atoms with Crippen LogP contribution in [0.15, 0.2) is 0 Å². The molecule has 0 aromatic heterocycles. The Morgan fingerprint density at radius 3 is 2.50 bits per heavy atom. The van der Waals surface area contributed by atoms with Gasteiger partial charge in [0.05, 0.1) is 11.9 Å². The van der Waals surface area contributed by atoms with Crippen molar-refractivity contribution in [2.45, 2.75) is 50.3 Å². The van der Waals surface area contributed by atoms with Gasteiger partial charge in [0.15, 0.2) is 0 Å². The lowest BCUT2D eigenvalue weighted by atomic mass is 10.1. The molecule has 20 heavy (non-hydrogen) atoms. The van der Waals surface area contributed by atoms with Crippen molar-refractivity contribution in [2.24, 2.45) is 0 Å². The first-order valence-electron chi connectivity index (χ1n) is 7.45. The van der Waals surface area contributed by atoms with E-state index in [4.69, 9.17) is 4.74 Å². The normalized spacial score (nSPS) is 25.4. The van der Waals surface area contributed by atoms with Gasteiger partial charge in [-0.3, -0.25) is 0 Å². The van der Waals surface area contributed by atoms with Gasteiger partial charge in [0, 0.05) is 19.2 Å². The van der Waals surface area contributed by atoms with E-state index in [2.05, 4.69) is 5.32 Å². The molecule has 0 spiro atoms. The van der Waals surface area contributed by atoms with Gasteiger partial charge in [0.2, 0.25) is 10.0 Å². The maximum absolute atomic E-state index is 12.8. The molecule has 120 valence electrons. The third-order valence-corrected chi connectivity index (χ3v) is 6.38. The second-order valence-corrected chi connectivity index (χ2v) is 7.64. The summed E-state index contributed by atoms with van der Waals surface area (Å²) in [6.07, 6.45) is 4.32. The molecule has 0 aromatic carbocycles. The number of ether oxygens (including phenoxy) is 1. The fourth-order valence-electron chi connectivity index (χ4n) is 2.97. The summed E-state index contributed by atoms with van der Waals surface area (Å²) in [5.74, 6) is 0. The molecule has 7 heteroatoms. The van der Waals surface area contributed by atoms with Crippen LogP contribution in [0.2, 0.25) is 0 Å². The van der Waals surface area contributed by atoms with Gasteiger partial charge >= 0.3 is 0 Å². The average Bonchev–Trinajstić information content (AvgIpc) is 2.46. The minimum atomic E-state index is -3.21. The zero-order valence-electron chi connectivity index (χ0n) is 12.2. The van der Waals surface area contributed by atoms with E-state index in [-0.39, 0.29) is 23.7 Å². The quantitative estimate of drug-likeness (QED) is 0.829. The minimum absolute atomic E-state index is 0. The summed E-state index contributed by atoms with van der Waals surface area (Å²) in [5, 5.41) is 2.97. The molecule has 2 aliphatic rings. The topological polar surface area (TPSA) is 58.6 Å². The smallest absolute Gasteiger partial charge is 0.219 e. The van der Waals surface area contributed by atoms with Gasteiger partial charge in [0.1, 0.15) is 0 Å². The largest absolute Gasteiger partial charge is 0.380 e. The number of halogens is 1. The molecule has 2 rings (SSSR count). The molecule has 1 N–H and O–H groups in total. The molecule has 2 saturated heterocycles. The molecule has 0 amide bonds. The van der Waals surface area contributed by atoms with E-state index in [0.717, 1.165) is 45.2 Å². The SMILES string of the molecule is CCCN(C1CCNCC1)S(=O)(=O)C1CCCOC1.Cl. The maximum atomic E-state index is 12.8. The van der Waals surface area contributed by atoms with E-state index in [0.29, 0.717) is 19.8 Å². The third kappa shape index (κ3) is 4.31. The van der Waals surface area contributed by atoms with Gasteiger partial charge in [-0.2, -0.15) is 4.31 Å². The summed E-state index contributed by atoms with van der Waals surface area (Å²) in [6, 6.07) is 0.174. The van der Waals surface area contributed by atoms with Gasteiger partial charge in [-0.1, -0.05) is 6.92 Å². The zero-order valence-corrected chi connectivity index (χ0v) is 13.8. The van der Waals surface area contributed by atoms with E-state index < -0.39 is 10.0 Å². The average molecular weight is 327 g/mol. The van der Waals surface area contributed by atoms with Crippen LogP contribution in [-0.2, 0) is 14.8 Å². The Labute approximate surface area is 128 Å². The standard InChI is InChI=1S/C13H26N2O3S.ClH/c1-2-9-15(12-5-7-14-8-6-12)19(16,17)13-4-3-10-18-11-13;/h12-14H,2-11H2,1H3;1H. The monoisotopic (exact) mass is 326 g/mol. The van der Waals surface area contributed by atoms with Gasteiger partial charge in [-0.15, -0.1) is 12.4 Å². The van der Waals surface area contributed by atoms with Crippen LogP contribution in [0.25, 0.3) is 0 Å². The van der Waals surface area contributed by atoms with Crippen molar-refractivity contribution in [2.75, 3.05) is 32.8 Å². The van der Waals surface area contributed by atoms with Crippen LogP contribution in [0.5, 0.6) is 0 Å². The second kappa shape index (κ2) is 8.54. The fraction of sp³-hybridized carbons (Fsp3) is 1.00. The molecule has 1 unspecified atom stereocenters. The molecular weight excluding hydrogens is 300 g/mol. The molecule has 5 nitrogen and oxygen atoms in total. The number of sulfonamides is 1. The summed E-state index contributed by atoms with van der Waals surface area (Å²) < 4.78 is 32.7. The molecule has 0 radical (unpaired) electrons. The fourth-order valence-corrected chi connectivity index (χ4v) is 5.15. The minimum Gasteiger partial charge on any atom is -0.380 e. The third-order valence-electron chi connectivity index (χ3n) is 4.03. The first kappa shape index (κ1) is 18.2. The Balaban J connectivity index is 0.00000200. The molecular formula is C13H27ClN2O3S. The first-order chi connectivity index (χ1) is 9.16. The first-order valence-corrected chi connectivity index (χ1v) is 8.95. The van der Waals surface area contributed by atoms with Crippen molar-refractivity contribution in [3.63, 3.8) is 0 Å². The van der Waals surface area contributed by atoms with Crippen molar-refractivity contribution < 1.29 is 13.2 Å². The van der Waals surface area contributed by atoms with E-state index in [1.54, 1.807) is 4.31 Å².